The van der Waals surface area contributed by atoms with Crippen LogP contribution < -0.4 is 4.90 Å². The number of hydrogen-bond donors (Lipinski definition) is 1. The molecular weight excluding hydrogens is 319 g/mol. The molecule has 1 fully saturated rings. The van der Waals surface area contributed by atoms with Gasteiger partial charge in [-0.3, -0.25) is 0 Å². The quantitative estimate of drug-likeness (QED) is 0.916. The summed E-state index contributed by atoms with van der Waals surface area (Å²) in [6, 6.07) is 9.92. The summed E-state index contributed by atoms with van der Waals surface area (Å²) in [5.41, 5.74) is 0.701. The van der Waals surface area contributed by atoms with Gasteiger partial charge in [-0.05, 0) is 36.2 Å². The Morgan fingerprint density at radius 1 is 1.25 bits per heavy atom. The van der Waals surface area contributed by atoms with Crippen molar-refractivity contribution in [3.8, 4) is 6.07 Å². The smallest absolute Gasteiger partial charge is 0.391 e. The predicted octanol–water partition coefficient (Wildman–Crippen LogP) is 3.28. The lowest BCUT2D eigenvalue weighted by Crippen LogP contribution is -2.24. The Bertz CT molecular complexity index is 768. The minimum Gasteiger partial charge on any atom is -0.391 e. The number of halogens is 3. The van der Waals surface area contributed by atoms with Crippen molar-refractivity contribution in [1.82, 2.24) is 4.98 Å². The minimum atomic E-state index is -4.41. The molecule has 0 aliphatic carbocycles. The second kappa shape index (κ2) is 6.13. The summed E-state index contributed by atoms with van der Waals surface area (Å²) in [7, 11) is 0. The van der Waals surface area contributed by atoms with Crippen LogP contribution in [0.25, 0.3) is 0 Å². The summed E-state index contributed by atoms with van der Waals surface area (Å²) in [6.45, 7) is 0.300. The number of rotatable bonds is 2. The molecule has 124 valence electrons. The van der Waals surface area contributed by atoms with E-state index >= 15 is 0 Å². The summed E-state index contributed by atoms with van der Waals surface area (Å²) >= 11 is 0. The lowest BCUT2D eigenvalue weighted by molar-refractivity contribution is -0.137. The highest BCUT2D eigenvalue weighted by atomic mass is 19.4. The van der Waals surface area contributed by atoms with Gasteiger partial charge in [0.1, 0.15) is 11.8 Å². The lowest BCUT2D eigenvalue weighted by atomic mass is 10.0. The first-order chi connectivity index (χ1) is 11.4. The Balaban J connectivity index is 1.95. The van der Waals surface area contributed by atoms with Crippen molar-refractivity contribution in [2.75, 3.05) is 11.4 Å². The average molecular weight is 333 g/mol. The Hall–Kier alpha value is -2.59. The molecule has 1 aromatic heterocycles. The number of aliphatic hydroxyl groups excluding tert-OH is 1. The van der Waals surface area contributed by atoms with E-state index in [0.29, 0.717) is 24.2 Å². The van der Waals surface area contributed by atoms with Crippen molar-refractivity contribution in [2.24, 2.45) is 0 Å². The van der Waals surface area contributed by atoms with Crippen molar-refractivity contribution in [1.29, 1.82) is 5.26 Å². The number of nitriles is 1. The Morgan fingerprint density at radius 2 is 2.04 bits per heavy atom. The lowest BCUT2D eigenvalue weighted by Gasteiger charge is -2.27. The fourth-order valence-corrected chi connectivity index (χ4v) is 2.96. The largest absolute Gasteiger partial charge is 0.416 e. The molecule has 4 nitrogen and oxygen atoms in total. The Morgan fingerprint density at radius 3 is 2.67 bits per heavy atom. The Labute approximate surface area is 136 Å². The van der Waals surface area contributed by atoms with Crippen LogP contribution in [0.15, 0.2) is 42.6 Å². The normalized spacial score (nSPS) is 20.9. The topological polar surface area (TPSA) is 60.2 Å². The molecule has 2 atom stereocenters. The fraction of sp³-hybridized carbons (Fsp3) is 0.294. The molecule has 0 saturated carbocycles. The first-order valence-corrected chi connectivity index (χ1v) is 7.36. The molecule has 24 heavy (non-hydrogen) atoms. The van der Waals surface area contributed by atoms with E-state index in [9.17, 15) is 18.3 Å². The minimum absolute atomic E-state index is 0.258. The van der Waals surface area contributed by atoms with Gasteiger partial charge >= 0.3 is 6.18 Å². The van der Waals surface area contributed by atoms with E-state index in [1.54, 1.807) is 18.2 Å². The van der Waals surface area contributed by atoms with E-state index in [2.05, 4.69) is 4.98 Å². The molecule has 2 heterocycles. The number of nitrogens with zero attached hydrogens (tertiary/aromatic N) is 3. The van der Waals surface area contributed by atoms with Crippen LogP contribution in [-0.2, 0) is 6.18 Å². The van der Waals surface area contributed by atoms with E-state index in [-0.39, 0.29) is 11.7 Å². The van der Waals surface area contributed by atoms with Crippen LogP contribution in [0.3, 0.4) is 0 Å². The highest BCUT2D eigenvalue weighted by Crippen LogP contribution is 2.38. The summed E-state index contributed by atoms with van der Waals surface area (Å²) in [6.07, 6.45) is -3.22. The third-order valence-electron chi connectivity index (χ3n) is 4.07. The molecular formula is C17H14F3N3O. The van der Waals surface area contributed by atoms with Gasteiger partial charge in [0.05, 0.1) is 29.6 Å². The highest BCUT2D eigenvalue weighted by Gasteiger charge is 2.35. The molecule has 0 radical (unpaired) electrons. The van der Waals surface area contributed by atoms with Gasteiger partial charge < -0.3 is 10.0 Å². The maximum Gasteiger partial charge on any atom is 0.416 e. The van der Waals surface area contributed by atoms with Gasteiger partial charge in [0.2, 0.25) is 0 Å². The van der Waals surface area contributed by atoms with Crippen molar-refractivity contribution in [3.05, 3.63) is 59.4 Å². The zero-order chi connectivity index (χ0) is 17.3. The maximum atomic E-state index is 12.9. The molecule has 1 aromatic carbocycles. The van der Waals surface area contributed by atoms with Crippen LogP contribution in [0.4, 0.5) is 18.9 Å². The van der Waals surface area contributed by atoms with Crippen LogP contribution in [0.2, 0.25) is 0 Å². The van der Waals surface area contributed by atoms with Crippen LogP contribution in [-0.4, -0.2) is 22.7 Å². The molecule has 0 amide bonds. The first-order valence-electron chi connectivity index (χ1n) is 7.36. The van der Waals surface area contributed by atoms with Crippen LogP contribution in [0, 0.1) is 11.3 Å². The number of aromatic nitrogens is 1. The molecule has 0 bridgehead atoms. The van der Waals surface area contributed by atoms with E-state index in [0.717, 1.165) is 12.1 Å². The molecule has 1 saturated heterocycles. The van der Waals surface area contributed by atoms with Crippen LogP contribution in [0.5, 0.6) is 0 Å². The van der Waals surface area contributed by atoms with Crippen molar-refractivity contribution in [3.63, 3.8) is 0 Å². The van der Waals surface area contributed by atoms with Crippen molar-refractivity contribution < 1.29 is 18.3 Å². The number of anilines is 1. The van der Waals surface area contributed by atoms with E-state index in [4.69, 9.17) is 5.26 Å². The van der Waals surface area contributed by atoms with Crippen molar-refractivity contribution in [2.45, 2.75) is 24.7 Å². The van der Waals surface area contributed by atoms with Gasteiger partial charge in [-0.25, -0.2) is 4.98 Å². The predicted molar refractivity (Wildman–Crippen MR) is 81.1 cm³/mol. The van der Waals surface area contributed by atoms with Crippen molar-refractivity contribution >= 4 is 5.69 Å². The van der Waals surface area contributed by atoms with Crippen LogP contribution in [0.1, 0.15) is 29.3 Å². The Kier molecular flexibility index (Phi) is 4.16. The number of pyridine rings is 1. The zero-order valence-electron chi connectivity index (χ0n) is 12.5. The number of hydrogen-bond acceptors (Lipinski definition) is 4. The van der Waals surface area contributed by atoms with Gasteiger partial charge in [-0.2, -0.15) is 18.4 Å². The van der Waals surface area contributed by atoms with Gasteiger partial charge in [0.15, 0.2) is 0 Å². The number of aliphatic hydroxyl groups is 1. The number of benzene rings is 1. The molecule has 2 aromatic rings. The average Bonchev–Trinajstić information content (AvgIpc) is 2.96. The van der Waals surface area contributed by atoms with Gasteiger partial charge in [0, 0.05) is 6.54 Å². The molecule has 1 aliphatic heterocycles. The standard InChI is InChI=1S/C17H14F3N3O/c18-17(19,20)12-3-1-2-11(6-12)16-7-15(24)10-23(16)14-5-4-13(8-21)22-9-14/h1-6,9,15-16,24H,7,10H2/t15-,16-/m1/s1. The van der Waals surface area contributed by atoms with Gasteiger partial charge in [-0.15, -0.1) is 0 Å². The summed E-state index contributed by atoms with van der Waals surface area (Å²) in [4.78, 5) is 5.80. The highest BCUT2D eigenvalue weighted by molar-refractivity contribution is 5.50. The maximum absolute atomic E-state index is 12.9. The zero-order valence-corrected chi connectivity index (χ0v) is 12.5. The molecule has 1 aliphatic rings. The third-order valence-corrected chi connectivity index (χ3v) is 4.07. The molecule has 0 unspecified atom stereocenters. The number of alkyl halides is 3. The molecule has 3 rings (SSSR count). The molecule has 7 heteroatoms. The van der Waals surface area contributed by atoms with E-state index < -0.39 is 17.8 Å². The second-order valence-corrected chi connectivity index (χ2v) is 5.69. The van der Waals surface area contributed by atoms with Gasteiger partial charge in [0.25, 0.3) is 0 Å². The van der Waals surface area contributed by atoms with Gasteiger partial charge in [-0.1, -0.05) is 12.1 Å². The van der Waals surface area contributed by atoms with E-state index in [1.807, 2.05) is 11.0 Å². The molecule has 1 N–H and O–H groups in total. The first kappa shape index (κ1) is 16.3. The second-order valence-electron chi connectivity index (χ2n) is 5.69. The molecule has 0 spiro atoms. The van der Waals surface area contributed by atoms with Crippen LogP contribution >= 0.6 is 0 Å². The number of β-amino-alcohol motifs (C(OH)–C–C–N with tert-alkyl or cyclic N) is 1. The third kappa shape index (κ3) is 3.19. The SMILES string of the molecule is N#Cc1ccc(N2C[C@H](O)C[C@@H]2c2cccc(C(F)(F)F)c2)cn1. The summed E-state index contributed by atoms with van der Waals surface area (Å²) in [5.74, 6) is 0. The summed E-state index contributed by atoms with van der Waals surface area (Å²) < 4.78 is 38.8. The fourth-order valence-electron chi connectivity index (χ4n) is 2.96. The monoisotopic (exact) mass is 333 g/mol. The summed E-state index contributed by atoms with van der Waals surface area (Å²) in [5, 5.41) is 18.8. The van der Waals surface area contributed by atoms with E-state index in [1.165, 1.54) is 12.3 Å².